The Morgan fingerprint density at radius 3 is 2.27 bits per heavy atom. The summed E-state index contributed by atoms with van der Waals surface area (Å²) in [6, 6.07) is 10.0. The van der Waals surface area contributed by atoms with E-state index in [4.69, 9.17) is 28.4 Å². The molecule has 9 rings (SSSR count). The fourth-order valence-corrected chi connectivity index (χ4v) is 7.82. The minimum Gasteiger partial charge on any atom is -0.504 e. The highest BCUT2D eigenvalue weighted by molar-refractivity contribution is 5.91. The molecule has 0 aromatic heterocycles. The number of rotatable bonds is 8. The van der Waals surface area contributed by atoms with Gasteiger partial charge in [-0.25, -0.2) is 9.59 Å². The zero-order chi connectivity index (χ0) is 32.1. The van der Waals surface area contributed by atoms with Crippen molar-refractivity contribution < 1.29 is 73.8 Å². The first-order valence-corrected chi connectivity index (χ1v) is 14.3. The Balaban J connectivity index is 1.11. The zero-order valence-corrected chi connectivity index (χ0v) is 23.8. The molecule has 7 fully saturated rings. The number of phenols is 3. The molecule has 2 aromatic carbocycles. The van der Waals surface area contributed by atoms with E-state index in [1.807, 2.05) is 0 Å². The normalized spacial score (nSPS) is 42.3. The lowest BCUT2D eigenvalue weighted by Gasteiger charge is -2.67. The fourth-order valence-electron chi connectivity index (χ4n) is 7.82. The summed E-state index contributed by atoms with van der Waals surface area (Å²) in [5.41, 5.74) is -3.78. The van der Waals surface area contributed by atoms with E-state index in [-0.39, 0.29) is 25.0 Å². The minimum absolute atomic E-state index is 0.00307. The van der Waals surface area contributed by atoms with Gasteiger partial charge in [-0.05, 0) is 37.6 Å². The summed E-state index contributed by atoms with van der Waals surface area (Å²) in [4.78, 5) is 25.5. The molecule has 7 aliphatic rings. The molecule has 11 atom stereocenters. The molecule has 242 valence electrons. The predicted molar refractivity (Wildman–Crippen MR) is 143 cm³/mol. The van der Waals surface area contributed by atoms with E-state index in [1.54, 1.807) is 37.3 Å². The highest BCUT2D eigenvalue weighted by atomic mass is 16.8. The summed E-state index contributed by atoms with van der Waals surface area (Å²) < 4.78 is 35.3. The number of esters is 2. The van der Waals surface area contributed by atoms with Gasteiger partial charge < -0.3 is 64.2 Å². The molecular formula is C30H32O15. The highest BCUT2D eigenvalue weighted by Crippen LogP contribution is 2.81. The van der Waals surface area contributed by atoms with E-state index in [0.29, 0.717) is 5.56 Å². The van der Waals surface area contributed by atoms with Crippen molar-refractivity contribution in [2.24, 2.45) is 11.3 Å². The molecule has 7 N–H and O–H groups in total. The van der Waals surface area contributed by atoms with Crippen LogP contribution in [0.2, 0.25) is 0 Å². The van der Waals surface area contributed by atoms with Crippen LogP contribution >= 0.6 is 0 Å². The largest absolute Gasteiger partial charge is 0.504 e. The lowest BCUT2D eigenvalue weighted by molar-refractivity contribution is -0.424. The summed E-state index contributed by atoms with van der Waals surface area (Å²) in [6.45, 7) is 0.780. The molecule has 15 heteroatoms. The smallest absolute Gasteiger partial charge is 0.338 e. The van der Waals surface area contributed by atoms with E-state index < -0.39 is 101 Å². The molecule has 45 heavy (non-hydrogen) atoms. The molecule has 0 amide bonds. The Hall–Kier alpha value is -3.54. The zero-order valence-electron chi connectivity index (χ0n) is 23.8. The van der Waals surface area contributed by atoms with Gasteiger partial charge in [0.2, 0.25) is 0 Å². The maximum absolute atomic E-state index is 12.9. The summed E-state index contributed by atoms with van der Waals surface area (Å²) >= 11 is 0. The lowest BCUT2D eigenvalue weighted by Crippen LogP contribution is -2.80. The van der Waals surface area contributed by atoms with Crippen molar-refractivity contribution in [3.05, 3.63) is 53.6 Å². The second kappa shape index (κ2) is 9.98. The Morgan fingerprint density at radius 1 is 0.911 bits per heavy atom. The number of hydrogen-bond donors (Lipinski definition) is 7. The van der Waals surface area contributed by atoms with Crippen molar-refractivity contribution in [3.8, 4) is 17.2 Å². The Bertz CT molecular complexity index is 1510. The number of aromatic hydroxyl groups is 3. The molecule has 6 bridgehead atoms. The van der Waals surface area contributed by atoms with Gasteiger partial charge in [-0.15, -0.1) is 0 Å². The molecule has 4 heterocycles. The number of benzene rings is 2. The van der Waals surface area contributed by atoms with E-state index in [1.165, 1.54) is 0 Å². The van der Waals surface area contributed by atoms with Crippen LogP contribution in [-0.4, -0.2) is 115 Å². The molecule has 4 aliphatic heterocycles. The lowest BCUT2D eigenvalue weighted by atomic mass is 9.41. The van der Waals surface area contributed by atoms with Crippen LogP contribution < -0.4 is 0 Å². The average Bonchev–Trinajstić information content (AvgIpc) is 3.20. The standard InChI is InChI=1S/C30H32O15/c1-27-11-29(39)18-9-30(27,28(18,26(44-27)45-29)12-41-23(37)13-5-3-2-4-6-13)43-25-22(36)21(35)20(34)17(42-25)10-40-24(38)14-7-15(31)19(33)16(32)8-14/h2-8,17-18,20-22,25-26,31-36,39H,9-12H2,1H3/t17?,18-,20?,21?,22?,25?,26+,27-,28-,29+,30-/m0/s1. The summed E-state index contributed by atoms with van der Waals surface area (Å²) in [5, 5.41) is 72.6. The van der Waals surface area contributed by atoms with Gasteiger partial charge in [-0.2, -0.15) is 0 Å². The van der Waals surface area contributed by atoms with Gasteiger partial charge >= 0.3 is 11.9 Å². The van der Waals surface area contributed by atoms with Crippen molar-refractivity contribution in [1.29, 1.82) is 0 Å². The Kier molecular flexibility index (Phi) is 6.68. The first kappa shape index (κ1) is 30.1. The van der Waals surface area contributed by atoms with E-state index in [9.17, 15) is 45.3 Å². The minimum atomic E-state index is -1.81. The topological polar surface area (TPSA) is 231 Å². The van der Waals surface area contributed by atoms with Crippen LogP contribution in [0.1, 0.15) is 40.5 Å². The van der Waals surface area contributed by atoms with E-state index >= 15 is 0 Å². The van der Waals surface area contributed by atoms with Crippen molar-refractivity contribution in [2.45, 2.75) is 73.8 Å². The van der Waals surface area contributed by atoms with Crippen LogP contribution in [0.25, 0.3) is 0 Å². The van der Waals surface area contributed by atoms with E-state index in [2.05, 4.69) is 0 Å². The van der Waals surface area contributed by atoms with Gasteiger partial charge in [0.1, 0.15) is 48.8 Å². The first-order valence-electron chi connectivity index (χ1n) is 14.3. The van der Waals surface area contributed by atoms with Crippen LogP contribution in [0.3, 0.4) is 0 Å². The molecule has 3 saturated carbocycles. The molecule has 0 radical (unpaired) electrons. The van der Waals surface area contributed by atoms with Crippen LogP contribution in [0.5, 0.6) is 17.2 Å². The maximum Gasteiger partial charge on any atom is 0.338 e. The number of carbonyl (C=O) groups is 2. The summed E-state index contributed by atoms with van der Waals surface area (Å²) in [5.74, 6) is -6.19. The van der Waals surface area contributed by atoms with Crippen LogP contribution in [-0.2, 0) is 28.4 Å². The quantitative estimate of drug-likeness (QED) is 0.145. The highest BCUT2D eigenvalue weighted by Gasteiger charge is 2.94. The molecule has 2 aromatic rings. The Morgan fingerprint density at radius 2 is 1.58 bits per heavy atom. The van der Waals surface area contributed by atoms with Crippen molar-refractivity contribution in [3.63, 3.8) is 0 Å². The van der Waals surface area contributed by atoms with Crippen LogP contribution in [0.4, 0.5) is 0 Å². The monoisotopic (exact) mass is 632 g/mol. The number of ether oxygens (including phenoxy) is 6. The third-order valence-corrected chi connectivity index (χ3v) is 10.1. The molecule has 15 nitrogen and oxygen atoms in total. The molecule has 0 spiro atoms. The maximum atomic E-state index is 12.9. The van der Waals surface area contributed by atoms with Crippen molar-refractivity contribution >= 4 is 11.9 Å². The van der Waals surface area contributed by atoms with Gasteiger partial charge in [-0.1, -0.05) is 18.2 Å². The van der Waals surface area contributed by atoms with Gasteiger partial charge in [-0.3, -0.25) is 0 Å². The third kappa shape index (κ3) is 4.06. The SMILES string of the molecule is C[C@@]12C[C@@]3(O)O[C@@H](O1)[C@]1(COC(=O)c4ccccc4)[C@@H]3C[C@@]12OC1OC(COC(=O)c2cc(O)c(O)c(O)c2)C(O)C(O)C1O. The number of aliphatic hydroxyl groups excluding tert-OH is 3. The third-order valence-electron chi connectivity index (χ3n) is 10.1. The second-order valence-corrected chi connectivity index (χ2v) is 12.5. The van der Waals surface area contributed by atoms with Crippen LogP contribution in [0, 0.1) is 11.3 Å². The number of carbonyl (C=O) groups excluding carboxylic acids is 2. The fraction of sp³-hybridized carbons (Fsp3) is 0.533. The molecule has 3 aliphatic carbocycles. The molecular weight excluding hydrogens is 600 g/mol. The Labute approximate surface area is 255 Å². The summed E-state index contributed by atoms with van der Waals surface area (Å²) in [6.07, 6.45) is -9.21. The molecule has 4 saturated heterocycles. The van der Waals surface area contributed by atoms with Crippen molar-refractivity contribution in [1.82, 2.24) is 0 Å². The van der Waals surface area contributed by atoms with Gasteiger partial charge in [0.25, 0.3) is 0 Å². The molecule has 5 unspecified atom stereocenters. The van der Waals surface area contributed by atoms with Gasteiger partial charge in [0, 0.05) is 12.3 Å². The predicted octanol–water partition coefficient (Wildman–Crippen LogP) is -0.376. The van der Waals surface area contributed by atoms with Crippen molar-refractivity contribution in [2.75, 3.05) is 13.2 Å². The van der Waals surface area contributed by atoms with Gasteiger partial charge in [0.05, 0.1) is 16.5 Å². The number of hydrogen-bond acceptors (Lipinski definition) is 15. The van der Waals surface area contributed by atoms with E-state index in [0.717, 1.165) is 12.1 Å². The summed E-state index contributed by atoms with van der Waals surface area (Å²) in [7, 11) is 0. The first-order chi connectivity index (χ1) is 21.3. The number of aliphatic hydroxyl groups is 4. The van der Waals surface area contributed by atoms with Gasteiger partial charge in [0.15, 0.2) is 35.6 Å². The number of phenolic OH excluding ortho intramolecular Hbond substituents is 3. The van der Waals surface area contributed by atoms with Crippen LogP contribution in [0.15, 0.2) is 42.5 Å². The average molecular weight is 633 g/mol. The second-order valence-electron chi connectivity index (χ2n) is 12.5.